The van der Waals surface area contributed by atoms with Gasteiger partial charge in [-0.2, -0.15) is 5.26 Å². The Morgan fingerprint density at radius 2 is 1.90 bits per heavy atom. The van der Waals surface area contributed by atoms with Gasteiger partial charge in [-0.25, -0.2) is 0 Å². The minimum atomic E-state index is 0.134. The van der Waals surface area contributed by atoms with Crippen molar-refractivity contribution in [1.82, 2.24) is 5.32 Å². The van der Waals surface area contributed by atoms with E-state index in [-0.39, 0.29) is 5.91 Å². The summed E-state index contributed by atoms with van der Waals surface area (Å²) in [5.74, 6) is 0.986. The van der Waals surface area contributed by atoms with Crippen LogP contribution in [-0.2, 0) is 11.3 Å². The fraction of sp³-hybridized carbons (Fsp3) is 0.556. The fourth-order valence-electron chi connectivity index (χ4n) is 3.01. The first kappa shape index (κ1) is 15.6. The van der Waals surface area contributed by atoms with Gasteiger partial charge in [0.2, 0.25) is 5.91 Å². The van der Waals surface area contributed by atoms with E-state index in [2.05, 4.69) is 11.4 Å². The maximum absolute atomic E-state index is 11.8. The molecule has 0 bridgehead atoms. The highest BCUT2D eigenvalue weighted by molar-refractivity contribution is 5.75. The third-order valence-electron chi connectivity index (χ3n) is 4.31. The quantitative estimate of drug-likeness (QED) is 0.860. The van der Waals surface area contributed by atoms with Gasteiger partial charge in [-0.15, -0.1) is 0 Å². The summed E-state index contributed by atoms with van der Waals surface area (Å²) >= 11 is 0. The molecule has 0 atom stereocenters. The number of nitrogens with one attached hydrogen (secondary N) is 1. The zero-order valence-corrected chi connectivity index (χ0v) is 12.6. The van der Waals surface area contributed by atoms with E-state index in [0.717, 1.165) is 17.9 Å². The molecule has 1 N–H and O–H groups in total. The number of hydrogen-bond donors (Lipinski definition) is 1. The van der Waals surface area contributed by atoms with Crippen molar-refractivity contribution >= 4 is 5.91 Å². The second-order valence-electron chi connectivity index (χ2n) is 5.98. The Balaban J connectivity index is 1.61. The molecular formula is C18H24N2O. The Morgan fingerprint density at radius 1 is 1.19 bits per heavy atom. The topological polar surface area (TPSA) is 52.9 Å². The Hall–Kier alpha value is -1.82. The number of hydrogen-bond acceptors (Lipinski definition) is 2. The second-order valence-corrected chi connectivity index (χ2v) is 5.98. The van der Waals surface area contributed by atoms with Gasteiger partial charge in [-0.05, 0) is 36.5 Å². The lowest BCUT2D eigenvalue weighted by Gasteiger charge is -2.21. The molecule has 1 aliphatic rings. The monoisotopic (exact) mass is 284 g/mol. The van der Waals surface area contributed by atoms with Crippen molar-refractivity contribution in [3.8, 4) is 6.07 Å². The standard InChI is InChI=1S/C18H24N2O/c19-13-16-9-11-17(12-10-16)14-20-18(21)8-4-7-15-5-2-1-3-6-15/h9-12,15H,1-8,14H2,(H,20,21). The molecule has 1 saturated carbocycles. The van der Waals surface area contributed by atoms with Crippen LogP contribution in [0.2, 0.25) is 0 Å². The van der Waals surface area contributed by atoms with Crippen molar-refractivity contribution in [3.63, 3.8) is 0 Å². The van der Waals surface area contributed by atoms with Crippen LogP contribution in [-0.4, -0.2) is 5.91 Å². The largest absolute Gasteiger partial charge is 0.352 e. The second kappa shape index (κ2) is 8.46. The predicted octanol–water partition coefficient (Wildman–Crippen LogP) is 3.93. The summed E-state index contributed by atoms with van der Waals surface area (Å²) in [5.41, 5.74) is 1.69. The lowest BCUT2D eigenvalue weighted by molar-refractivity contribution is -0.121. The van der Waals surface area contributed by atoms with Gasteiger partial charge in [-0.1, -0.05) is 44.2 Å². The molecule has 1 aromatic carbocycles. The van der Waals surface area contributed by atoms with Gasteiger partial charge in [0.25, 0.3) is 0 Å². The van der Waals surface area contributed by atoms with Gasteiger partial charge >= 0.3 is 0 Å². The maximum Gasteiger partial charge on any atom is 0.220 e. The first-order chi connectivity index (χ1) is 10.3. The highest BCUT2D eigenvalue weighted by Crippen LogP contribution is 2.27. The van der Waals surface area contributed by atoms with Gasteiger partial charge in [0.05, 0.1) is 11.6 Å². The molecule has 1 fully saturated rings. The van der Waals surface area contributed by atoms with Gasteiger partial charge in [0, 0.05) is 13.0 Å². The molecule has 0 spiro atoms. The molecular weight excluding hydrogens is 260 g/mol. The molecule has 2 rings (SSSR count). The highest BCUT2D eigenvalue weighted by atomic mass is 16.1. The fourth-order valence-corrected chi connectivity index (χ4v) is 3.01. The van der Waals surface area contributed by atoms with Crippen LogP contribution in [0.3, 0.4) is 0 Å². The average Bonchev–Trinajstić information content (AvgIpc) is 2.54. The third kappa shape index (κ3) is 5.59. The van der Waals surface area contributed by atoms with E-state index in [1.807, 2.05) is 12.1 Å². The lowest BCUT2D eigenvalue weighted by atomic mass is 9.86. The summed E-state index contributed by atoms with van der Waals surface area (Å²) in [6.07, 6.45) is 9.67. The Kier molecular flexibility index (Phi) is 6.27. The number of rotatable bonds is 6. The van der Waals surface area contributed by atoms with E-state index in [9.17, 15) is 4.79 Å². The van der Waals surface area contributed by atoms with Gasteiger partial charge in [-0.3, -0.25) is 4.79 Å². The van der Waals surface area contributed by atoms with Crippen LogP contribution in [0.1, 0.15) is 62.5 Å². The molecule has 1 aliphatic carbocycles. The average molecular weight is 284 g/mol. The Bertz CT molecular complexity index is 481. The zero-order chi connectivity index (χ0) is 14.9. The molecule has 1 aromatic rings. The summed E-state index contributed by atoms with van der Waals surface area (Å²) < 4.78 is 0. The molecule has 112 valence electrons. The van der Waals surface area contributed by atoms with E-state index in [1.54, 1.807) is 12.1 Å². The normalized spacial score (nSPS) is 15.4. The number of amides is 1. The minimum Gasteiger partial charge on any atom is -0.352 e. The van der Waals surface area contributed by atoms with Crippen LogP contribution in [0.4, 0.5) is 0 Å². The summed E-state index contributed by atoms with van der Waals surface area (Å²) in [6, 6.07) is 9.43. The molecule has 0 radical (unpaired) electrons. The molecule has 1 amide bonds. The first-order valence-corrected chi connectivity index (χ1v) is 8.03. The van der Waals surface area contributed by atoms with E-state index < -0.39 is 0 Å². The molecule has 0 saturated heterocycles. The van der Waals surface area contributed by atoms with Crippen molar-refractivity contribution in [2.24, 2.45) is 5.92 Å². The van der Waals surface area contributed by atoms with E-state index >= 15 is 0 Å². The van der Waals surface area contributed by atoms with Crippen LogP contribution in [0.5, 0.6) is 0 Å². The first-order valence-electron chi connectivity index (χ1n) is 8.03. The molecule has 0 heterocycles. The summed E-state index contributed by atoms with van der Waals surface area (Å²) in [6.45, 7) is 0.550. The summed E-state index contributed by atoms with van der Waals surface area (Å²) in [4.78, 5) is 11.8. The van der Waals surface area contributed by atoms with E-state index in [4.69, 9.17) is 5.26 Å². The number of carbonyl (C=O) groups excluding carboxylic acids is 1. The number of benzene rings is 1. The SMILES string of the molecule is N#Cc1ccc(CNC(=O)CCCC2CCCCC2)cc1. The molecule has 0 aliphatic heterocycles. The predicted molar refractivity (Wildman–Crippen MR) is 83.4 cm³/mol. The van der Waals surface area contributed by atoms with Crippen molar-refractivity contribution in [2.45, 2.75) is 57.9 Å². The van der Waals surface area contributed by atoms with Gasteiger partial charge < -0.3 is 5.32 Å². The van der Waals surface area contributed by atoms with Crippen LogP contribution in [0.15, 0.2) is 24.3 Å². The van der Waals surface area contributed by atoms with Crippen LogP contribution in [0, 0.1) is 17.2 Å². The molecule has 21 heavy (non-hydrogen) atoms. The highest BCUT2D eigenvalue weighted by Gasteiger charge is 2.13. The molecule has 0 unspecified atom stereocenters. The molecule has 0 aromatic heterocycles. The number of nitrogens with zero attached hydrogens (tertiary/aromatic N) is 1. The molecule has 3 heteroatoms. The van der Waals surface area contributed by atoms with Crippen LogP contribution in [0.25, 0.3) is 0 Å². The van der Waals surface area contributed by atoms with Crippen molar-refractivity contribution in [1.29, 1.82) is 5.26 Å². The Labute approximate surface area is 127 Å². The smallest absolute Gasteiger partial charge is 0.220 e. The maximum atomic E-state index is 11.8. The number of nitriles is 1. The summed E-state index contributed by atoms with van der Waals surface area (Å²) in [5, 5.41) is 11.7. The van der Waals surface area contributed by atoms with Crippen molar-refractivity contribution < 1.29 is 4.79 Å². The van der Waals surface area contributed by atoms with Crippen molar-refractivity contribution in [2.75, 3.05) is 0 Å². The Morgan fingerprint density at radius 3 is 2.57 bits per heavy atom. The molecule has 3 nitrogen and oxygen atoms in total. The number of carbonyl (C=O) groups is 1. The van der Waals surface area contributed by atoms with Crippen molar-refractivity contribution in [3.05, 3.63) is 35.4 Å². The lowest BCUT2D eigenvalue weighted by Crippen LogP contribution is -2.22. The van der Waals surface area contributed by atoms with Gasteiger partial charge in [0.15, 0.2) is 0 Å². The summed E-state index contributed by atoms with van der Waals surface area (Å²) in [7, 11) is 0. The van der Waals surface area contributed by atoms with Crippen LogP contribution < -0.4 is 5.32 Å². The van der Waals surface area contributed by atoms with Gasteiger partial charge in [0.1, 0.15) is 0 Å². The van der Waals surface area contributed by atoms with Crippen LogP contribution >= 0.6 is 0 Å². The third-order valence-corrected chi connectivity index (χ3v) is 4.31. The zero-order valence-electron chi connectivity index (χ0n) is 12.6. The minimum absolute atomic E-state index is 0.134. The van der Waals surface area contributed by atoms with E-state index in [0.29, 0.717) is 18.5 Å². The van der Waals surface area contributed by atoms with E-state index in [1.165, 1.54) is 38.5 Å².